The fourth-order valence-electron chi connectivity index (χ4n) is 1.95. The van der Waals surface area contributed by atoms with Crippen LogP contribution in [0.3, 0.4) is 0 Å². The average molecular weight is 312 g/mol. The van der Waals surface area contributed by atoms with Crippen molar-refractivity contribution in [2.24, 2.45) is 0 Å². The topological polar surface area (TPSA) is 60.2 Å². The molecule has 0 atom stereocenters. The Morgan fingerprint density at radius 3 is 2.76 bits per heavy atom. The number of thiophene rings is 1. The maximum absolute atomic E-state index is 12.3. The highest BCUT2D eigenvalue weighted by Gasteiger charge is 2.12. The van der Waals surface area contributed by atoms with E-state index in [1.54, 1.807) is 23.7 Å². The van der Waals surface area contributed by atoms with Crippen molar-refractivity contribution in [3.8, 4) is 10.7 Å². The summed E-state index contributed by atoms with van der Waals surface area (Å²) in [4.78, 5) is 22.3. The number of thiazole rings is 1. The predicted octanol–water partition coefficient (Wildman–Crippen LogP) is 1.82. The van der Waals surface area contributed by atoms with Crippen molar-refractivity contribution in [1.29, 1.82) is 0 Å². The zero-order valence-electron chi connectivity index (χ0n) is 10.6. The number of rotatable bonds is 2. The minimum absolute atomic E-state index is 0.137. The summed E-state index contributed by atoms with van der Waals surface area (Å²) < 4.78 is 1.99. The van der Waals surface area contributed by atoms with E-state index in [9.17, 15) is 4.79 Å². The van der Waals surface area contributed by atoms with Crippen molar-refractivity contribution >= 4 is 33.7 Å². The third-order valence-electron chi connectivity index (χ3n) is 2.93. The zero-order valence-corrected chi connectivity index (χ0v) is 12.3. The Hall–Kier alpha value is -2.38. The van der Waals surface area contributed by atoms with Crippen LogP contribution < -0.4 is 10.1 Å². The Bertz CT molecular complexity index is 1000. The van der Waals surface area contributed by atoms with Gasteiger partial charge in [-0.3, -0.25) is 9.78 Å². The van der Waals surface area contributed by atoms with Gasteiger partial charge in [0.15, 0.2) is 5.82 Å². The van der Waals surface area contributed by atoms with Crippen LogP contribution in [-0.2, 0) is 0 Å². The molecule has 102 valence electrons. The molecule has 0 N–H and O–H groups in total. The monoisotopic (exact) mass is 312 g/mol. The molecule has 5 nitrogen and oxygen atoms in total. The first-order valence-corrected chi connectivity index (χ1v) is 7.86. The first kappa shape index (κ1) is 12.4. The summed E-state index contributed by atoms with van der Waals surface area (Å²) >= 11 is 2.90. The van der Waals surface area contributed by atoms with Gasteiger partial charge < -0.3 is 0 Å². The Labute approximate surface area is 126 Å². The second kappa shape index (κ2) is 4.87. The highest BCUT2D eigenvalue weighted by molar-refractivity contribution is 7.15. The summed E-state index contributed by atoms with van der Waals surface area (Å²) in [6.07, 6.45) is 5.22. The molecule has 4 aromatic rings. The Morgan fingerprint density at radius 2 is 2.05 bits per heavy atom. The van der Waals surface area contributed by atoms with Crippen LogP contribution in [0.5, 0.6) is 0 Å². The highest BCUT2D eigenvalue weighted by atomic mass is 32.1. The van der Waals surface area contributed by atoms with Gasteiger partial charge in [-0.05, 0) is 35.2 Å². The predicted molar refractivity (Wildman–Crippen MR) is 83.5 cm³/mol. The summed E-state index contributed by atoms with van der Waals surface area (Å²) in [6.45, 7) is 0. The van der Waals surface area contributed by atoms with Gasteiger partial charge >= 0.3 is 0 Å². The van der Waals surface area contributed by atoms with Gasteiger partial charge in [-0.1, -0.05) is 17.4 Å². The van der Waals surface area contributed by atoms with E-state index in [1.807, 2.05) is 35.7 Å². The number of pyridine rings is 1. The van der Waals surface area contributed by atoms with Gasteiger partial charge in [0, 0.05) is 12.4 Å². The molecule has 0 unspecified atom stereocenters. The summed E-state index contributed by atoms with van der Waals surface area (Å²) in [5, 5.41) is 6.26. The molecule has 0 aromatic carbocycles. The van der Waals surface area contributed by atoms with Crippen LogP contribution in [0.1, 0.15) is 5.56 Å². The fourth-order valence-corrected chi connectivity index (χ4v) is 3.52. The van der Waals surface area contributed by atoms with E-state index in [2.05, 4.69) is 15.1 Å². The van der Waals surface area contributed by atoms with E-state index in [-0.39, 0.29) is 5.56 Å². The molecule has 0 aliphatic heterocycles. The molecule has 7 heteroatoms. The summed E-state index contributed by atoms with van der Waals surface area (Å²) in [7, 11) is 0. The molecule has 0 fully saturated rings. The Morgan fingerprint density at radius 1 is 1.19 bits per heavy atom. The van der Waals surface area contributed by atoms with Gasteiger partial charge in [-0.15, -0.1) is 16.4 Å². The van der Waals surface area contributed by atoms with E-state index in [1.165, 1.54) is 15.9 Å². The standard InChI is InChI=1S/C14H8N4OS2/c19-13-11(8-9-3-5-15-6-4-9)21-14-16-12(17-18(13)14)10-2-1-7-20-10/h1-8H/b11-8-. The van der Waals surface area contributed by atoms with Crippen molar-refractivity contribution in [2.45, 2.75) is 0 Å². The van der Waals surface area contributed by atoms with Crippen molar-refractivity contribution < 1.29 is 0 Å². The van der Waals surface area contributed by atoms with E-state index >= 15 is 0 Å². The van der Waals surface area contributed by atoms with Crippen molar-refractivity contribution in [3.63, 3.8) is 0 Å². The maximum Gasteiger partial charge on any atom is 0.291 e. The second-order valence-corrected chi connectivity index (χ2v) is 6.26. The van der Waals surface area contributed by atoms with Crippen LogP contribution in [0, 0.1) is 0 Å². The van der Waals surface area contributed by atoms with Crippen LogP contribution in [-0.4, -0.2) is 19.6 Å². The van der Waals surface area contributed by atoms with Gasteiger partial charge in [0.05, 0.1) is 9.41 Å². The number of nitrogens with zero attached hydrogens (tertiary/aromatic N) is 4. The fraction of sp³-hybridized carbons (Fsp3) is 0. The van der Waals surface area contributed by atoms with Crippen molar-refractivity contribution in [3.05, 3.63) is 62.5 Å². The Balaban J connectivity index is 1.87. The number of aromatic nitrogens is 4. The lowest BCUT2D eigenvalue weighted by atomic mass is 10.2. The molecule has 0 aliphatic carbocycles. The maximum atomic E-state index is 12.3. The van der Waals surface area contributed by atoms with Gasteiger partial charge in [-0.25, -0.2) is 0 Å². The summed E-state index contributed by atoms with van der Waals surface area (Å²) in [6, 6.07) is 7.59. The molecule has 0 amide bonds. The first-order valence-electron chi connectivity index (χ1n) is 6.16. The first-order chi connectivity index (χ1) is 10.3. The van der Waals surface area contributed by atoms with E-state index < -0.39 is 0 Å². The molecular formula is C14H8N4OS2. The molecule has 0 spiro atoms. The molecule has 0 radical (unpaired) electrons. The largest absolute Gasteiger partial charge is 0.291 e. The lowest BCUT2D eigenvalue weighted by molar-refractivity contribution is 0.938. The van der Waals surface area contributed by atoms with Crippen LogP contribution in [0.25, 0.3) is 21.7 Å². The second-order valence-electron chi connectivity index (χ2n) is 4.30. The van der Waals surface area contributed by atoms with Gasteiger partial charge in [0.1, 0.15) is 0 Å². The molecule has 0 bridgehead atoms. The quantitative estimate of drug-likeness (QED) is 0.566. The summed E-state index contributed by atoms with van der Waals surface area (Å²) in [5.41, 5.74) is 0.798. The number of hydrogen-bond donors (Lipinski definition) is 0. The van der Waals surface area contributed by atoms with Crippen LogP contribution >= 0.6 is 22.7 Å². The number of hydrogen-bond acceptors (Lipinski definition) is 6. The van der Waals surface area contributed by atoms with Gasteiger partial charge in [0.2, 0.25) is 4.96 Å². The normalized spacial score (nSPS) is 12.3. The van der Waals surface area contributed by atoms with Crippen LogP contribution in [0.15, 0.2) is 46.8 Å². The minimum atomic E-state index is -0.137. The molecule has 4 rings (SSSR count). The Kier molecular flexibility index (Phi) is 2.87. The van der Waals surface area contributed by atoms with Crippen molar-refractivity contribution in [1.82, 2.24) is 19.6 Å². The van der Waals surface area contributed by atoms with Crippen LogP contribution in [0.2, 0.25) is 0 Å². The molecule has 0 saturated heterocycles. The van der Waals surface area contributed by atoms with E-state index in [0.29, 0.717) is 15.3 Å². The van der Waals surface area contributed by atoms with Crippen LogP contribution in [0.4, 0.5) is 0 Å². The zero-order chi connectivity index (χ0) is 14.2. The lowest BCUT2D eigenvalue weighted by Gasteiger charge is -1.87. The lowest BCUT2D eigenvalue weighted by Crippen LogP contribution is -2.23. The molecular weight excluding hydrogens is 304 g/mol. The minimum Gasteiger partial charge on any atom is -0.266 e. The molecule has 4 aromatic heterocycles. The van der Waals surface area contributed by atoms with Gasteiger partial charge in [0.25, 0.3) is 5.56 Å². The number of fused-ring (bicyclic) bond motifs is 1. The van der Waals surface area contributed by atoms with Gasteiger partial charge in [-0.2, -0.15) is 9.50 Å². The molecule has 4 heterocycles. The third-order valence-corrected chi connectivity index (χ3v) is 4.75. The van der Waals surface area contributed by atoms with Crippen molar-refractivity contribution in [2.75, 3.05) is 0 Å². The smallest absolute Gasteiger partial charge is 0.266 e. The third kappa shape index (κ3) is 2.16. The average Bonchev–Trinajstić information content (AvgIpc) is 3.20. The molecule has 0 aliphatic rings. The van der Waals surface area contributed by atoms with E-state index in [0.717, 1.165) is 10.4 Å². The molecule has 0 saturated carbocycles. The van der Waals surface area contributed by atoms with E-state index in [4.69, 9.17) is 0 Å². The SMILES string of the molecule is O=c1/c(=C/c2ccncc2)sc2nc(-c3cccs3)nn12. The highest BCUT2D eigenvalue weighted by Crippen LogP contribution is 2.21. The summed E-state index contributed by atoms with van der Waals surface area (Å²) in [5.74, 6) is 0.601. The molecule has 21 heavy (non-hydrogen) atoms.